The summed E-state index contributed by atoms with van der Waals surface area (Å²) in [6, 6.07) is 4.13. The van der Waals surface area contributed by atoms with Gasteiger partial charge in [0.15, 0.2) is 0 Å². The van der Waals surface area contributed by atoms with Gasteiger partial charge in [-0.3, -0.25) is 0 Å². The highest BCUT2D eigenvalue weighted by Gasteiger charge is 2.43. The lowest BCUT2D eigenvalue weighted by Gasteiger charge is -2.39. The second-order valence-electron chi connectivity index (χ2n) is 5.82. The first-order valence-corrected chi connectivity index (χ1v) is 7.32. The van der Waals surface area contributed by atoms with Crippen LogP contribution in [0.4, 0.5) is 0 Å². The summed E-state index contributed by atoms with van der Waals surface area (Å²) in [5, 5.41) is 15.3. The van der Waals surface area contributed by atoms with E-state index in [2.05, 4.69) is 43.8 Å². The van der Waals surface area contributed by atoms with E-state index >= 15 is 0 Å². The van der Waals surface area contributed by atoms with Gasteiger partial charge in [0.25, 0.3) is 0 Å². The summed E-state index contributed by atoms with van der Waals surface area (Å²) in [7, 11) is 0. The van der Waals surface area contributed by atoms with Crippen LogP contribution in [0.25, 0.3) is 0 Å². The minimum Gasteiger partial charge on any atom is -0.382 e. The normalized spacial score (nSPS) is 15.4. The minimum absolute atomic E-state index is 0.283. The average Bonchev–Trinajstić information content (AvgIpc) is 2.97. The third-order valence-electron chi connectivity index (χ3n) is 3.52. The van der Waals surface area contributed by atoms with Crippen molar-refractivity contribution in [3.8, 4) is 0 Å². The third kappa shape index (κ3) is 2.72. The molecule has 0 saturated heterocycles. The number of thiophene rings is 1. The first-order chi connectivity index (χ1) is 8.87. The van der Waals surface area contributed by atoms with Crippen LogP contribution in [-0.2, 0) is 18.6 Å². The maximum Gasteiger partial charge on any atom is 0.137 e. The Morgan fingerprint density at radius 2 is 2.05 bits per heavy atom. The van der Waals surface area contributed by atoms with Gasteiger partial charge in [0.05, 0.1) is 6.54 Å². The molecule has 4 nitrogen and oxygen atoms in total. The van der Waals surface area contributed by atoms with Crippen molar-refractivity contribution < 1.29 is 5.11 Å². The molecule has 0 spiro atoms. The summed E-state index contributed by atoms with van der Waals surface area (Å²) in [5.74, 6) is 0. The molecule has 0 aliphatic heterocycles. The fraction of sp³-hybridized carbons (Fsp3) is 0.571. The molecular weight excluding hydrogens is 258 g/mol. The van der Waals surface area contributed by atoms with E-state index in [9.17, 15) is 5.11 Å². The van der Waals surface area contributed by atoms with Crippen molar-refractivity contribution in [3.63, 3.8) is 0 Å². The Balaban J connectivity index is 2.39. The van der Waals surface area contributed by atoms with Crippen LogP contribution in [-0.4, -0.2) is 19.9 Å². The predicted octanol–water partition coefficient (Wildman–Crippen LogP) is 2.84. The van der Waals surface area contributed by atoms with Crippen LogP contribution in [0.2, 0.25) is 0 Å². The number of hydrogen-bond acceptors (Lipinski definition) is 4. The Kier molecular flexibility index (Phi) is 3.78. The van der Waals surface area contributed by atoms with E-state index in [0.717, 1.165) is 11.3 Å². The Morgan fingerprint density at radius 3 is 2.53 bits per heavy atom. The first-order valence-electron chi connectivity index (χ1n) is 6.51. The van der Waals surface area contributed by atoms with Gasteiger partial charge in [-0.2, -0.15) is 5.10 Å². The van der Waals surface area contributed by atoms with Crippen molar-refractivity contribution in [2.45, 2.75) is 46.3 Å². The Bertz CT molecular complexity index is 527. The highest BCUT2D eigenvalue weighted by atomic mass is 32.1. The Labute approximate surface area is 118 Å². The molecule has 19 heavy (non-hydrogen) atoms. The highest BCUT2D eigenvalue weighted by molar-refractivity contribution is 7.12. The van der Waals surface area contributed by atoms with E-state index < -0.39 is 5.60 Å². The molecule has 2 aromatic heterocycles. The van der Waals surface area contributed by atoms with Crippen LogP contribution in [0, 0.1) is 5.41 Å². The van der Waals surface area contributed by atoms with Gasteiger partial charge >= 0.3 is 0 Å². The van der Waals surface area contributed by atoms with Crippen LogP contribution in [0.3, 0.4) is 0 Å². The lowest BCUT2D eigenvalue weighted by molar-refractivity contribution is -0.0774. The average molecular weight is 279 g/mol. The van der Waals surface area contributed by atoms with Gasteiger partial charge in [0, 0.05) is 9.75 Å². The summed E-state index contributed by atoms with van der Waals surface area (Å²) in [5.41, 5.74) is -1.23. The fourth-order valence-electron chi connectivity index (χ4n) is 2.02. The van der Waals surface area contributed by atoms with Gasteiger partial charge in [-0.25, -0.2) is 9.67 Å². The van der Waals surface area contributed by atoms with Gasteiger partial charge in [-0.1, -0.05) is 27.7 Å². The summed E-state index contributed by atoms with van der Waals surface area (Å²) < 4.78 is 1.69. The SMILES string of the molecule is CCc1ccc(C(O)(Cn2cncn2)C(C)(C)C)s1. The molecule has 0 aliphatic carbocycles. The Morgan fingerprint density at radius 1 is 1.32 bits per heavy atom. The number of rotatable bonds is 4. The summed E-state index contributed by atoms with van der Waals surface area (Å²) in [6.45, 7) is 8.70. The summed E-state index contributed by atoms with van der Waals surface area (Å²) in [4.78, 5) is 6.23. The number of aryl methyl sites for hydroxylation is 1. The number of aliphatic hydroxyl groups is 1. The topological polar surface area (TPSA) is 50.9 Å². The van der Waals surface area contributed by atoms with Crippen LogP contribution >= 0.6 is 11.3 Å². The van der Waals surface area contributed by atoms with E-state index in [1.165, 1.54) is 11.2 Å². The van der Waals surface area contributed by atoms with Crippen molar-refractivity contribution in [2.75, 3.05) is 0 Å². The molecule has 0 aliphatic rings. The maximum absolute atomic E-state index is 11.2. The molecule has 0 amide bonds. The highest BCUT2D eigenvalue weighted by Crippen LogP contribution is 2.43. The second-order valence-corrected chi connectivity index (χ2v) is 6.99. The van der Waals surface area contributed by atoms with Crippen molar-refractivity contribution in [2.24, 2.45) is 5.41 Å². The molecule has 104 valence electrons. The number of hydrogen-bond donors (Lipinski definition) is 1. The van der Waals surface area contributed by atoms with Crippen molar-refractivity contribution >= 4 is 11.3 Å². The summed E-state index contributed by atoms with van der Waals surface area (Å²) in [6.07, 6.45) is 4.13. The second kappa shape index (κ2) is 5.06. The zero-order chi connectivity index (χ0) is 14.1. The largest absolute Gasteiger partial charge is 0.382 e. The molecule has 2 heterocycles. The molecule has 1 unspecified atom stereocenters. The molecule has 1 atom stereocenters. The zero-order valence-corrected chi connectivity index (χ0v) is 12.7. The van der Waals surface area contributed by atoms with Crippen LogP contribution in [0.5, 0.6) is 0 Å². The van der Waals surface area contributed by atoms with Gasteiger partial charge in [-0.05, 0) is 24.0 Å². The monoisotopic (exact) mass is 279 g/mol. The van der Waals surface area contributed by atoms with Crippen LogP contribution in [0.15, 0.2) is 24.8 Å². The molecule has 2 rings (SSSR count). The van der Waals surface area contributed by atoms with Crippen LogP contribution < -0.4 is 0 Å². The molecule has 1 N–H and O–H groups in total. The number of nitrogens with zero attached hydrogens (tertiary/aromatic N) is 3. The molecule has 0 bridgehead atoms. The first kappa shape index (κ1) is 14.2. The van der Waals surface area contributed by atoms with Gasteiger partial charge in [0.1, 0.15) is 18.3 Å². The molecule has 2 aromatic rings. The van der Waals surface area contributed by atoms with Crippen LogP contribution in [0.1, 0.15) is 37.4 Å². The maximum atomic E-state index is 11.2. The lowest BCUT2D eigenvalue weighted by Crippen LogP contribution is -2.43. The lowest BCUT2D eigenvalue weighted by atomic mass is 9.75. The molecule has 0 saturated carbocycles. The minimum atomic E-state index is -0.946. The smallest absolute Gasteiger partial charge is 0.137 e. The molecule has 0 radical (unpaired) electrons. The van der Waals surface area contributed by atoms with E-state index in [1.54, 1.807) is 22.3 Å². The molecule has 0 aromatic carbocycles. The zero-order valence-electron chi connectivity index (χ0n) is 11.9. The standard InChI is InChI=1S/C14H21N3OS/c1-5-11-6-7-12(19-11)14(18,13(2,3)4)8-17-10-15-9-16-17/h6-7,9-10,18H,5,8H2,1-4H3. The quantitative estimate of drug-likeness (QED) is 0.936. The predicted molar refractivity (Wildman–Crippen MR) is 77.1 cm³/mol. The van der Waals surface area contributed by atoms with E-state index in [4.69, 9.17) is 0 Å². The molecule has 0 fully saturated rings. The summed E-state index contributed by atoms with van der Waals surface area (Å²) >= 11 is 1.68. The van der Waals surface area contributed by atoms with E-state index in [0.29, 0.717) is 6.54 Å². The van der Waals surface area contributed by atoms with Crippen molar-refractivity contribution in [1.29, 1.82) is 0 Å². The van der Waals surface area contributed by atoms with Gasteiger partial charge < -0.3 is 5.11 Å². The van der Waals surface area contributed by atoms with Crippen molar-refractivity contribution in [3.05, 3.63) is 34.5 Å². The number of aromatic nitrogens is 3. The van der Waals surface area contributed by atoms with Crippen molar-refractivity contribution in [1.82, 2.24) is 14.8 Å². The molecular formula is C14H21N3OS. The molecule has 5 heteroatoms. The Hall–Kier alpha value is -1.20. The third-order valence-corrected chi connectivity index (χ3v) is 4.90. The van der Waals surface area contributed by atoms with Gasteiger partial charge in [0.2, 0.25) is 0 Å². The van der Waals surface area contributed by atoms with Gasteiger partial charge in [-0.15, -0.1) is 11.3 Å². The van der Waals surface area contributed by atoms with E-state index in [1.807, 2.05) is 6.07 Å². The fourth-order valence-corrected chi connectivity index (χ4v) is 3.26. The van der Waals surface area contributed by atoms with E-state index in [-0.39, 0.29) is 5.41 Å².